The van der Waals surface area contributed by atoms with Crippen molar-refractivity contribution in [2.75, 3.05) is 5.32 Å². The number of halogens is 2. The molecule has 1 unspecified atom stereocenters. The van der Waals surface area contributed by atoms with Crippen LogP contribution in [-0.4, -0.2) is 34.2 Å². The second-order valence-electron chi connectivity index (χ2n) is 4.05. The van der Waals surface area contributed by atoms with Gasteiger partial charge in [0, 0.05) is 11.4 Å². The van der Waals surface area contributed by atoms with Gasteiger partial charge in [0.25, 0.3) is 0 Å². The second-order valence-corrected chi connectivity index (χ2v) is 4.89. The molecule has 2 amide bonds. The molecule has 0 aliphatic rings. The number of aliphatic carboxylic acids is 2. The zero-order valence-electron chi connectivity index (χ0n) is 10.6. The molecule has 0 bridgehead atoms. The van der Waals surface area contributed by atoms with Crippen LogP contribution in [0.4, 0.5) is 10.5 Å². The minimum absolute atomic E-state index is 0.190. The molecule has 114 valence electrons. The average molecular weight is 335 g/mol. The Balaban J connectivity index is 2.65. The average Bonchev–Trinajstić information content (AvgIpc) is 2.37. The normalized spacial score (nSPS) is 11.5. The number of carboxylic acid groups (broad SMARTS) is 2. The highest BCUT2D eigenvalue weighted by Gasteiger charge is 2.21. The van der Waals surface area contributed by atoms with Crippen molar-refractivity contribution >= 4 is 46.9 Å². The summed E-state index contributed by atoms with van der Waals surface area (Å²) in [6, 6.07) is 2.25. The maximum absolute atomic E-state index is 11.7. The molecule has 7 nitrogen and oxygen atoms in total. The van der Waals surface area contributed by atoms with Gasteiger partial charge in [-0.2, -0.15) is 0 Å². The van der Waals surface area contributed by atoms with Crippen molar-refractivity contribution in [1.82, 2.24) is 5.32 Å². The lowest BCUT2D eigenvalue weighted by Gasteiger charge is -2.14. The van der Waals surface area contributed by atoms with E-state index in [1.54, 1.807) is 0 Å². The molecule has 1 rings (SSSR count). The molecule has 1 aromatic rings. The van der Waals surface area contributed by atoms with Crippen LogP contribution in [0.3, 0.4) is 0 Å². The molecular weight excluding hydrogens is 323 g/mol. The summed E-state index contributed by atoms with van der Waals surface area (Å²) >= 11 is 11.6. The number of amides is 2. The second kappa shape index (κ2) is 7.70. The number of benzene rings is 1. The van der Waals surface area contributed by atoms with Gasteiger partial charge in [-0.1, -0.05) is 23.2 Å². The lowest BCUT2D eigenvalue weighted by molar-refractivity contribution is -0.140. The number of carbonyl (C=O) groups is 3. The zero-order chi connectivity index (χ0) is 16.0. The number of carbonyl (C=O) groups excluding carboxylic acids is 1. The summed E-state index contributed by atoms with van der Waals surface area (Å²) in [5.74, 6) is -2.47. The van der Waals surface area contributed by atoms with Gasteiger partial charge in [-0.05, 0) is 24.6 Å². The number of rotatable bonds is 6. The molecule has 1 aromatic carbocycles. The van der Waals surface area contributed by atoms with Gasteiger partial charge in [0.05, 0.1) is 10.7 Å². The van der Waals surface area contributed by atoms with Crippen LogP contribution < -0.4 is 10.6 Å². The molecule has 1 atom stereocenters. The Labute approximate surface area is 129 Å². The van der Waals surface area contributed by atoms with Crippen molar-refractivity contribution < 1.29 is 24.6 Å². The number of carboxylic acids is 2. The Bertz CT molecular complexity index is 565. The molecule has 0 spiro atoms. The summed E-state index contributed by atoms with van der Waals surface area (Å²) in [5, 5.41) is 22.5. The van der Waals surface area contributed by atoms with Crippen molar-refractivity contribution in [2.45, 2.75) is 18.9 Å². The topological polar surface area (TPSA) is 116 Å². The predicted octanol–water partition coefficient (Wildman–Crippen LogP) is 2.43. The summed E-state index contributed by atoms with van der Waals surface area (Å²) in [7, 11) is 0. The first kappa shape index (κ1) is 17.1. The molecule has 4 N–H and O–H groups in total. The molecule has 0 saturated carbocycles. The Morgan fingerprint density at radius 2 is 1.86 bits per heavy atom. The van der Waals surface area contributed by atoms with E-state index < -0.39 is 24.0 Å². The van der Waals surface area contributed by atoms with E-state index in [0.717, 1.165) is 0 Å². The lowest BCUT2D eigenvalue weighted by Crippen LogP contribution is -2.43. The molecule has 0 aromatic heterocycles. The SMILES string of the molecule is O=C(O)CCC(NC(=O)Nc1ccc(Cl)cc1Cl)C(=O)O. The quantitative estimate of drug-likeness (QED) is 0.637. The van der Waals surface area contributed by atoms with Gasteiger partial charge in [0.2, 0.25) is 0 Å². The fourth-order valence-electron chi connectivity index (χ4n) is 1.43. The van der Waals surface area contributed by atoms with E-state index >= 15 is 0 Å². The number of urea groups is 1. The van der Waals surface area contributed by atoms with E-state index in [9.17, 15) is 14.4 Å². The molecule has 21 heavy (non-hydrogen) atoms. The number of anilines is 1. The van der Waals surface area contributed by atoms with Crippen molar-refractivity contribution in [2.24, 2.45) is 0 Å². The first-order chi connectivity index (χ1) is 9.79. The van der Waals surface area contributed by atoms with Crippen molar-refractivity contribution in [3.05, 3.63) is 28.2 Å². The predicted molar refractivity (Wildman–Crippen MR) is 76.9 cm³/mol. The van der Waals surface area contributed by atoms with E-state index in [2.05, 4.69) is 10.6 Å². The third-order valence-corrected chi connectivity index (χ3v) is 2.98. The van der Waals surface area contributed by atoms with E-state index in [4.69, 9.17) is 33.4 Å². The fraction of sp³-hybridized carbons (Fsp3) is 0.250. The third-order valence-electron chi connectivity index (χ3n) is 2.43. The summed E-state index contributed by atoms with van der Waals surface area (Å²) < 4.78 is 0. The van der Waals surface area contributed by atoms with Crippen molar-refractivity contribution in [3.63, 3.8) is 0 Å². The van der Waals surface area contributed by atoms with Crippen LogP contribution in [0.25, 0.3) is 0 Å². The first-order valence-electron chi connectivity index (χ1n) is 5.76. The van der Waals surface area contributed by atoms with Gasteiger partial charge in [0.1, 0.15) is 6.04 Å². The van der Waals surface area contributed by atoms with Gasteiger partial charge in [-0.3, -0.25) is 4.79 Å². The summed E-state index contributed by atoms with van der Waals surface area (Å²) in [4.78, 5) is 33.0. The number of hydrogen-bond acceptors (Lipinski definition) is 3. The van der Waals surface area contributed by atoms with Gasteiger partial charge < -0.3 is 20.8 Å². The van der Waals surface area contributed by atoms with Crippen molar-refractivity contribution in [3.8, 4) is 0 Å². The van der Waals surface area contributed by atoms with Gasteiger partial charge in [-0.15, -0.1) is 0 Å². The standard InChI is InChI=1S/C12H12Cl2N2O5/c13-6-1-2-8(7(14)5-6)15-12(21)16-9(11(19)20)3-4-10(17)18/h1-2,5,9H,3-4H2,(H,17,18)(H,19,20)(H2,15,16,21). The van der Waals surface area contributed by atoms with E-state index in [1.807, 2.05) is 0 Å². The van der Waals surface area contributed by atoms with Gasteiger partial charge in [-0.25, -0.2) is 9.59 Å². The van der Waals surface area contributed by atoms with Crippen LogP contribution in [0.5, 0.6) is 0 Å². The fourth-order valence-corrected chi connectivity index (χ4v) is 1.89. The molecule has 0 aliphatic carbocycles. The van der Waals surface area contributed by atoms with Crippen LogP contribution in [0.2, 0.25) is 10.0 Å². The molecule has 0 radical (unpaired) electrons. The van der Waals surface area contributed by atoms with E-state index in [1.165, 1.54) is 18.2 Å². The molecule has 0 fully saturated rings. The van der Waals surface area contributed by atoms with Crippen LogP contribution in [0.15, 0.2) is 18.2 Å². The highest BCUT2D eigenvalue weighted by Crippen LogP contribution is 2.25. The van der Waals surface area contributed by atoms with Crippen LogP contribution >= 0.6 is 23.2 Å². The highest BCUT2D eigenvalue weighted by molar-refractivity contribution is 6.36. The Morgan fingerprint density at radius 1 is 1.19 bits per heavy atom. The maximum Gasteiger partial charge on any atom is 0.326 e. The maximum atomic E-state index is 11.7. The van der Waals surface area contributed by atoms with Gasteiger partial charge >= 0.3 is 18.0 Å². The summed E-state index contributed by atoms with van der Waals surface area (Å²) in [6.45, 7) is 0. The van der Waals surface area contributed by atoms with E-state index in [-0.39, 0.29) is 23.6 Å². The minimum atomic E-state index is -1.33. The van der Waals surface area contributed by atoms with Crippen LogP contribution in [0, 0.1) is 0 Å². The molecule has 0 aliphatic heterocycles. The molecule has 0 saturated heterocycles. The Morgan fingerprint density at radius 3 is 2.38 bits per heavy atom. The monoisotopic (exact) mass is 334 g/mol. The third kappa shape index (κ3) is 5.88. The Kier molecular flexibility index (Phi) is 6.26. The summed E-state index contributed by atoms with van der Waals surface area (Å²) in [6.07, 6.45) is -0.606. The highest BCUT2D eigenvalue weighted by atomic mass is 35.5. The molecular formula is C12H12Cl2N2O5. The summed E-state index contributed by atoms with van der Waals surface area (Å²) in [5.41, 5.74) is 0.251. The zero-order valence-corrected chi connectivity index (χ0v) is 12.1. The lowest BCUT2D eigenvalue weighted by atomic mass is 10.1. The molecule has 9 heteroatoms. The van der Waals surface area contributed by atoms with Crippen LogP contribution in [-0.2, 0) is 9.59 Å². The smallest absolute Gasteiger partial charge is 0.326 e. The number of nitrogens with one attached hydrogen (secondary N) is 2. The van der Waals surface area contributed by atoms with E-state index in [0.29, 0.717) is 5.02 Å². The number of hydrogen-bond donors (Lipinski definition) is 4. The molecule has 0 heterocycles. The van der Waals surface area contributed by atoms with Gasteiger partial charge in [0.15, 0.2) is 0 Å². The largest absolute Gasteiger partial charge is 0.481 e. The van der Waals surface area contributed by atoms with Crippen LogP contribution in [0.1, 0.15) is 12.8 Å². The minimum Gasteiger partial charge on any atom is -0.481 e. The van der Waals surface area contributed by atoms with Crippen molar-refractivity contribution in [1.29, 1.82) is 0 Å². The Hall–Kier alpha value is -1.99. The first-order valence-corrected chi connectivity index (χ1v) is 6.52.